The summed E-state index contributed by atoms with van der Waals surface area (Å²) in [6.07, 6.45) is -0.336. The van der Waals surface area contributed by atoms with Gasteiger partial charge in [0.1, 0.15) is 12.4 Å². The Morgan fingerprint density at radius 3 is 2.56 bits per heavy atom. The summed E-state index contributed by atoms with van der Waals surface area (Å²) in [5.74, 6) is 0.848. The summed E-state index contributed by atoms with van der Waals surface area (Å²) in [4.78, 5) is 17.0. The second kappa shape index (κ2) is 9.75. The highest BCUT2D eigenvalue weighted by Gasteiger charge is 2.32. The molecule has 1 saturated heterocycles. The standard InChI is InChI=1S/C24H30FN3O4/c1-16-12-27(21-4-3-5-22-23(21)31-15-20(14-29)32-22)13-17(2)28(16)11-10-26-24(30)18-6-8-19(25)9-7-18/h3-9,16-17,20,29H,10-15H2,1-2H3,(H,26,30). The van der Waals surface area contributed by atoms with E-state index in [9.17, 15) is 14.3 Å². The van der Waals surface area contributed by atoms with Crippen molar-refractivity contribution in [1.82, 2.24) is 10.2 Å². The number of hydrogen-bond acceptors (Lipinski definition) is 6. The molecule has 1 amide bonds. The van der Waals surface area contributed by atoms with Crippen molar-refractivity contribution in [3.8, 4) is 11.5 Å². The number of halogens is 1. The lowest BCUT2D eigenvalue weighted by Gasteiger charge is -2.46. The molecule has 2 aromatic carbocycles. The van der Waals surface area contributed by atoms with Crippen LogP contribution < -0.4 is 19.7 Å². The number of rotatable bonds is 6. The number of benzene rings is 2. The van der Waals surface area contributed by atoms with Crippen LogP contribution >= 0.6 is 0 Å². The number of carbonyl (C=O) groups is 1. The smallest absolute Gasteiger partial charge is 0.251 e. The first-order valence-electron chi connectivity index (χ1n) is 11.0. The maximum atomic E-state index is 13.0. The first kappa shape index (κ1) is 22.4. The molecule has 0 bridgehead atoms. The van der Waals surface area contributed by atoms with Crippen molar-refractivity contribution in [2.75, 3.05) is 44.3 Å². The minimum Gasteiger partial charge on any atom is -0.484 e. The Morgan fingerprint density at radius 1 is 1.16 bits per heavy atom. The number of nitrogens with one attached hydrogen (secondary N) is 1. The van der Waals surface area contributed by atoms with E-state index < -0.39 is 0 Å². The topological polar surface area (TPSA) is 74.3 Å². The molecule has 0 spiro atoms. The normalized spacial score (nSPS) is 23.1. The number of hydrogen-bond donors (Lipinski definition) is 2. The van der Waals surface area contributed by atoms with Gasteiger partial charge in [-0.05, 0) is 50.2 Å². The number of anilines is 1. The van der Waals surface area contributed by atoms with Crippen LogP contribution in [0.25, 0.3) is 0 Å². The van der Waals surface area contributed by atoms with Crippen LogP contribution in [0.4, 0.5) is 10.1 Å². The SMILES string of the molecule is CC1CN(c2cccc3c2OCC(CO)O3)CC(C)N1CCNC(=O)c1ccc(F)cc1. The molecular weight excluding hydrogens is 413 g/mol. The molecule has 3 atom stereocenters. The van der Waals surface area contributed by atoms with Gasteiger partial charge in [-0.3, -0.25) is 9.69 Å². The minimum atomic E-state index is -0.355. The van der Waals surface area contributed by atoms with E-state index in [2.05, 4.69) is 29.0 Å². The van der Waals surface area contributed by atoms with Gasteiger partial charge in [0, 0.05) is 43.8 Å². The first-order valence-corrected chi connectivity index (χ1v) is 11.0. The van der Waals surface area contributed by atoms with Gasteiger partial charge in [0.15, 0.2) is 17.6 Å². The third-order valence-electron chi connectivity index (χ3n) is 6.07. The summed E-state index contributed by atoms with van der Waals surface area (Å²) in [7, 11) is 0. The molecule has 0 saturated carbocycles. The number of para-hydroxylation sites is 1. The molecule has 0 aliphatic carbocycles. The predicted molar refractivity (Wildman–Crippen MR) is 120 cm³/mol. The van der Waals surface area contributed by atoms with Crippen molar-refractivity contribution in [3.05, 3.63) is 53.8 Å². The van der Waals surface area contributed by atoms with Crippen LogP contribution in [0.1, 0.15) is 24.2 Å². The molecule has 3 unspecified atom stereocenters. The molecule has 0 aromatic heterocycles. The maximum absolute atomic E-state index is 13.0. The number of fused-ring (bicyclic) bond motifs is 1. The lowest BCUT2D eigenvalue weighted by molar-refractivity contribution is 0.0456. The third-order valence-corrected chi connectivity index (χ3v) is 6.07. The number of amides is 1. The van der Waals surface area contributed by atoms with E-state index in [1.807, 2.05) is 18.2 Å². The van der Waals surface area contributed by atoms with Crippen molar-refractivity contribution in [1.29, 1.82) is 0 Å². The van der Waals surface area contributed by atoms with E-state index in [0.29, 0.717) is 24.5 Å². The van der Waals surface area contributed by atoms with Crippen LogP contribution in [-0.4, -0.2) is 73.5 Å². The summed E-state index contributed by atoms with van der Waals surface area (Å²) < 4.78 is 24.8. The third kappa shape index (κ3) is 4.81. The fraction of sp³-hybridized carbons (Fsp3) is 0.458. The molecule has 2 aliphatic rings. The number of ether oxygens (including phenoxy) is 2. The summed E-state index contributed by atoms with van der Waals surface area (Å²) in [6.45, 7) is 7.50. The zero-order valence-corrected chi connectivity index (χ0v) is 18.5. The molecule has 1 fully saturated rings. The maximum Gasteiger partial charge on any atom is 0.251 e. The van der Waals surface area contributed by atoms with Gasteiger partial charge < -0.3 is 24.8 Å². The molecule has 2 aromatic rings. The highest BCUT2D eigenvalue weighted by Crippen LogP contribution is 2.41. The van der Waals surface area contributed by atoms with E-state index in [1.165, 1.54) is 24.3 Å². The Labute approximate surface area is 187 Å². The first-order chi connectivity index (χ1) is 15.5. The van der Waals surface area contributed by atoms with Crippen molar-refractivity contribution in [2.24, 2.45) is 0 Å². The fourth-order valence-corrected chi connectivity index (χ4v) is 4.47. The van der Waals surface area contributed by atoms with Gasteiger partial charge in [-0.2, -0.15) is 0 Å². The molecule has 2 N–H and O–H groups in total. The molecule has 172 valence electrons. The summed E-state index contributed by atoms with van der Waals surface area (Å²) in [6, 6.07) is 12.0. The van der Waals surface area contributed by atoms with Crippen molar-refractivity contribution >= 4 is 11.6 Å². The van der Waals surface area contributed by atoms with Gasteiger partial charge in [-0.1, -0.05) is 6.07 Å². The van der Waals surface area contributed by atoms with E-state index in [4.69, 9.17) is 9.47 Å². The minimum absolute atomic E-state index is 0.0753. The predicted octanol–water partition coefficient (Wildman–Crippen LogP) is 2.29. The van der Waals surface area contributed by atoms with Gasteiger partial charge >= 0.3 is 0 Å². The lowest BCUT2D eigenvalue weighted by Crippen LogP contribution is -2.58. The van der Waals surface area contributed by atoms with E-state index in [-0.39, 0.29) is 36.5 Å². The van der Waals surface area contributed by atoms with Gasteiger partial charge in [0.2, 0.25) is 0 Å². The van der Waals surface area contributed by atoms with Crippen molar-refractivity contribution in [3.63, 3.8) is 0 Å². The Kier molecular flexibility index (Phi) is 6.81. The number of nitrogens with zero attached hydrogens (tertiary/aromatic N) is 2. The van der Waals surface area contributed by atoms with Crippen LogP contribution in [0.2, 0.25) is 0 Å². The molecule has 2 aliphatic heterocycles. The average molecular weight is 444 g/mol. The Bertz CT molecular complexity index is 927. The fourth-order valence-electron chi connectivity index (χ4n) is 4.47. The number of carbonyl (C=O) groups excluding carboxylic acids is 1. The average Bonchev–Trinajstić information content (AvgIpc) is 2.80. The van der Waals surface area contributed by atoms with Crippen molar-refractivity contribution < 1.29 is 23.8 Å². The largest absolute Gasteiger partial charge is 0.484 e. The van der Waals surface area contributed by atoms with Gasteiger partial charge in [-0.25, -0.2) is 4.39 Å². The molecule has 32 heavy (non-hydrogen) atoms. The van der Waals surface area contributed by atoms with E-state index >= 15 is 0 Å². The molecule has 0 radical (unpaired) electrons. The molecule has 2 heterocycles. The van der Waals surface area contributed by atoms with Crippen molar-refractivity contribution in [2.45, 2.75) is 32.0 Å². The Balaban J connectivity index is 1.35. The highest BCUT2D eigenvalue weighted by molar-refractivity contribution is 5.94. The van der Waals surface area contributed by atoms with E-state index in [0.717, 1.165) is 31.1 Å². The molecular formula is C24H30FN3O4. The quantitative estimate of drug-likeness (QED) is 0.714. The molecule has 8 heteroatoms. The van der Waals surface area contributed by atoms with Crippen LogP contribution in [0.5, 0.6) is 11.5 Å². The molecule has 4 rings (SSSR count). The molecule has 7 nitrogen and oxygen atoms in total. The van der Waals surface area contributed by atoms with Gasteiger partial charge in [-0.15, -0.1) is 0 Å². The van der Waals surface area contributed by atoms with Crippen LogP contribution in [0.3, 0.4) is 0 Å². The summed E-state index contributed by atoms with van der Waals surface area (Å²) >= 11 is 0. The summed E-state index contributed by atoms with van der Waals surface area (Å²) in [5.41, 5.74) is 1.46. The number of aliphatic hydroxyl groups is 1. The second-order valence-electron chi connectivity index (χ2n) is 8.44. The zero-order valence-electron chi connectivity index (χ0n) is 18.5. The van der Waals surface area contributed by atoms with Gasteiger partial charge in [0.05, 0.1) is 12.3 Å². The summed E-state index contributed by atoms with van der Waals surface area (Å²) in [5, 5.41) is 12.3. The van der Waals surface area contributed by atoms with Crippen LogP contribution in [-0.2, 0) is 0 Å². The van der Waals surface area contributed by atoms with Crippen LogP contribution in [0, 0.1) is 5.82 Å². The lowest BCUT2D eigenvalue weighted by atomic mass is 10.1. The second-order valence-corrected chi connectivity index (χ2v) is 8.44. The Morgan fingerprint density at radius 2 is 1.88 bits per heavy atom. The monoisotopic (exact) mass is 443 g/mol. The number of piperazine rings is 1. The zero-order chi connectivity index (χ0) is 22.7. The number of aliphatic hydroxyl groups excluding tert-OH is 1. The Hall–Kier alpha value is -2.84. The van der Waals surface area contributed by atoms with E-state index in [1.54, 1.807) is 0 Å². The highest BCUT2D eigenvalue weighted by atomic mass is 19.1. The van der Waals surface area contributed by atoms with Crippen LogP contribution in [0.15, 0.2) is 42.5 Å². The van der Waals surface area contributed by atoms with Gasteiger partial charge in [0.25, 0.3) is 5.91 Å².